The predicted octanol–water partition coefficient (Wildman–Crippen LogP) is 4.32. The molecule has 152 valence electrons. The molecule has 0 aliphatic heterocycles. The van der Waals surface area contributed by atoms with E-state index in [0.717, 1.165) is 16.5 Å². The molecule has 0 aliphatic carbocycles. The average Bonchev–Trinajstić information content (AvgIpc) is 2.64. The van der Waals surface area contributed by atoms with Gasteiger partial charge in [-0.3, -0.25) is 4.98 Å². The fourth-order valence-electron chi connectivity index (χ4n) is 2.80. The van der Waals surface area contributed by atoms with Crippen molar-refractivity contribution in [3.63, 3.8) is 0 Å². The molecule has 0 saturated carbocycles. The van der Waals surface area contributed by atoms with Gasteiger partial charge in [-0.25, -0.2) is 17.9 Å². The Kier molecular flexibility index (Phi) is 5.93. The molecule has 1 aromatic heterocycles. The topological polar surface area (TPSA) is 85.4 Å². The summed E-state index contributed by atoms with van der Waals surface area (Å²) >= 11 is 6.07. The van der Waals surface area contributed by atoms with Crippen LogP contribution >= 0.6 is 11.6 Å². The van der Waals surface area contributed by atoms with E-state index in [4.69, 9.17) is 16.3 Å². The fraction of sp³-hybridized carbons (Fsp3) is 0.238. The number of halogens is 1. The molecule has 8 heteroatoms. The lowest BCUT2D eigenvalue weighted by Gasteiger charge is -2.21. The zero-order chi connectivity index (χ0) is 21.2. The van der Waals surface area contributed by atoms with Crippen molar-refractivity contribution < 1.29 is 17.9 Å². The number of aromatic nitrogens is 1. The smallest absolute Gasteiger partial charge is 0.338 e. The van der Waals surface area contributed by atoms with E-state index in [9.17, 15) is 13.2 Å². The van der Waals surface area contributed by atoms with Crippen molar-refractivity contribution in [2.45, 2.75) is 37.8 Å². The molecule has 1 N–H and O–H groups in total. The van der Waals surface area contributed by atoms with Gasteiger partial charge in [0.25, 0.3) is 0 Å². The van der Waals surface area contributed by atoms with Crippen LogP contribution in [0.1, 0.15) is 36.7 Å². The van der Waals surface area contributed by atoms with Crippen molar-refractivity contribution in [2.75, 3.05) is 0 Å². The third kappa shape index (κ3) is 5.12. The number of pyridine rings is 1. The number of sulfonamides is 1. The maximum atomic E-state index is 12.6. The molecule has 0 aliphatic rings. The van der Waals surface area contributed by atoms with Crippen LogP contribution in [0.3, 0.4) is 0 Å². The van der Waals surface area contributed by atoms with E-state index in [1.807, 2.05) is 30.3 Å². The molecular weight excluding hydrogens is 412 g/mol. The summed E-state index contributed by atoms with van der Waals surface area (Å²) in [5, 5.41) is 0.964. The van der Waals surface area contributed by atoms with Crippen molar-refractivity contribution in [1.82, 2.24) is 9.71 Å². The van der Waals surface area contributed by atoms with Crippen LogP contribution in [0.2, 0.25) is 5.02 Å². The minimum atomic E-state index is -3.90. The van der Waals surface area contributed by atoms with E-state index in [-0.39, 0.29) is 22.1 Å². The molecule has 0 fully saturated rings. The van der Waals surface area contributed by atoms with Crippen LogP contribution in [0.4, 0.5) is 0 Å². The largest absolute Gasteiger partial charge is 0.457 e. The van der Waals surface area contributed by atoms with Gasteiger partial charge in [-0.15, -0.1) is 0 Å². The number of nitrogens with one attached hydrogen (secondary N) is 1. The third-order valence-electron chi connectivity index (χ3n) is 3.97. The molecule has 6 nitrogen and oxygen atoms in total. The van der Waals surface area contributed by atoms with Crippen LogP contribution in [0.25, 0.3) is 10.9 Å². The van der Waals surface area contributed by atoms with Gasteiger partial charge in [0.05, 0.1) is 16.1 Å². The van der Waals surface area contributed by atoms with Crippen molar-refractivity contribution in [3.05, 3.63) is 70.9 Å². The fourth-order valence-corrected chi connectivity index (χ4v) is 4.75. The first-order chi connectivity index (χ1) is 13.6. The average molecular weight is 433 g/mol. The van der Waals surface area contributed by atoms with Gasteiger partial charge in [0, 0.05) is 22.7 Å². The summed E-state index contributed by atoms with van der Waals surface area (Å²) in [5.74, 6) is -0.651. The molecule has 0 bridgehead atoms. The number of esters is 1. The Balaban J connectivity index is 1.83. The van der Waals surface area contributed by atoms with Crippen molar-refractivity contribution in [3.8, 4) is 0 Å². The minimum Gasteiger partial charge on any atom is -0.457 e. The van der Waals surface area contributed by atoms with Crippen LogP contribution in [0.5, 0.6) is 0 Å². The van der Waals surface area contributed by atoms with Gasteiger partial charge in [-0.05, 0) is 45.0 Å². The molecule has 3 aromatic rings. The van der Waals surface area contributed by atoms with Crippen molar-refractivity contribution in [1.29, 1.82) is 0 Å². The highest BCUT2D eigenvalue weighted by molar-refractivity contribution is 7.89. The Labute approximate surface area is 174 Å². The Morgan fingerprint density at radius 1 is 1.14 bits per heavy atom. The van der Waals surface area contributed by atoms with E-state index in [1.165, 1.54) is 18.2 Å². The number of carbonyl (C=O) groups excluding carboxylic acids is 1. The summed E-state index contributed by atoms with van der Waals surface area (Å²) in [6.07, 6.45) is 1.67. The normalized spacial score (nSPS) is 12.1. The summed E-state index contributed by atoms with van der Waals surface area (Å²) in [7, 11) is -3.90. The molecule has 0 amide bonds. The quantitative estimate of drug-likeness (QED) is 0.607. The first kappa shape index (κ1) is 21.2. The Bertz CT molecular complexity index is 1170. The lowest BCUT2D eigenvalue weighted by Crippen LogP contribution is -2.40. The van der Waals surface area contributed by atoms with E-state index < -0.39 is 21.5 Å². The van der Waals surface area contributed by atoms with E-state index in [0.29, 0.717) is 0 Å². The second-order valence-electron chi connectivity index (χ2n) is 7.57. The second kappa shape index (κ2) is 8.10. The van der Waals surface area contributed by atoms with E-state index in [1.54, 1.807) is 27.0 Å². The first-order valence-corrected chi connectivity index (χ1v) is 10.8. The highest BCUT2D eigenvalue weighted by Gasteiger charge is 2.25. The summed E-state index contributed by atoms with van der Waals surface area (Å²) in [6, 6.07) is 13.4. The van der Waals surface area contributed by atoms with Crippen LogP contribution in [-0.2, 0) is 21.4 Å². The van der Waals surface area contributed by atoms with Crippen LogP contribution in [0.15, 0.2) is 59.6 Å². The van der Waals surface area contributed by atoms with Gasteiger partial charge in [-0.1, -0.05) is 35.9 Å². The number of hydrogen-bond donors (Lipinski definition) is 1. The lowest BCUT2D eigenvalue weighted by molar-refractivity contribution is 0.0474. The molecular formula is C21H21ClN2O4S. The number of para-hydroxylation sites is 1. The molecule has 0 spiro atoms. The van der Waals surface area contributed by atoms with E-state index in [2.05, 4.69) is 9.71 Å². The number of ether oxygens (including phenoxy) is 1. The van der Waals surface area contributed by atoms with Gasteiger partial charge >= 0.3 is 5.97 Å². The molecule has 1 heterocycles. The SMILES string of the molecule is CC(C)(C)NS(=O)(=O)c1cc(C(=O)OCc2cccc3cccnc23)ccc1Cl. The maximum absolute atomic E-state index is 12.6. The molecule has 0 radical (unpaired) electrons. The van der Waals surface area contributed by atoms with Crippen LogP contribution in [-0.4, -0.2) is 24.9 Å². The standard InChI is InChI=1S/C21H21ClN2O4S/c1-21(2,3)24-29(26,27)18-12-15(9-10-17(18)22)20(25)28-13-16-7-4-6-14-8-5-11-23-19(14)16/h4-12,24H,13H2,1-3H3. The van der Waals surface area contributed by atoms with Gasteiger partial charge < -0.3 is 4.74 Å². The Hall–Kier alpha value is -2.48. The van der Waals surface area contributed by atoms with Gasteiger partial charge in [0.1, 0.15) is 11.5 Å². The lowest BCUT2D eigenvalue weighted by atomic mass is 10.1. The molecule has 2 aromatic carbocycles. The number of fused-ring (bicyclic) bond motifs is 1. The molecule has 0 saturated heterocycles. The molecule has 3 rings (SSSR count). The number of hydrogen-bond acceptors (Lipinski definition) is 5. The van der Waals surface area contributed by atoms with E-state index >= 15 is 0 Å². The monoisotopic (exact) mass is 432 g/mol. The minimum absolute atomic E-state index is 0.0120. The Morgan fingerprint density at radius 2 is 1.86 bits per heavy atom. The third-order valence-corrected chi connectivity index (χ3v) is 6.21. The van der Waals surface area contributed by atoms with Gasteiger partial charge in [-0.2, -0.15) is 0 Å². The number of benzene rings is 2. The second-order valence-corrected chi connectivity index (χ2v) is 9.63. The number of rotatable bonds is 5. The predicted molar refractivity (Wildman–Crippen MR) is 112 cm³/mol. The summed E-state index contributed by atoms with van der Waals surface area (Å²) < 4.78 is 33.1. The molecule has 29 heavy (non-hydrogen) atoms. The van der Waals surface area contributed by atoms with Crippen molar-refractivity contribution >= 4 is 38.5 Å². The number of nitrogens with zero attached hydrogens (tertiary/aromatic N) is 1. The highest BCUT2D eigenvalue weighted by Crippen LogP contribution is 2.25. The molecule has 0 atom stereocenters. The zero-order valence-corrected chi connectivity index (χ0v) is 17.8. The van der Waals surface area contributed by atoms with Gasteiger partial charge in [0.15, 0.2) is 0 Å². The first-order valence-electron chi connectivity index (χ1n) is 8.90. The number of carbonyl (C=O) groups is 1. The highest BCUT2D eigenvalue weighted by atomic mass is 35.5. The maximum Gasteiger partial charge on any atom is 0.338 e. The van der Waals surface area contributed by atoms with Crippen LogP contribution in [0, 0.1) is 0 Å². The molecule has 0 unspecified atom stereocenters. The van der Waals surface area contributed by atoms with Crippen LogP contribution < -0.4 is 4.72 Å². The Morgan fingerprint density at radius 3 is 2.59 bits per heavy atom. The zero-order valence-electron chi connectivity index (χ0n) is 16.3. The van der Waals surface area contributed by atoms with Crippen molar-refractivity contribution in [2.24, 2.45) is 0 Å². The summed E-state index contributed by atoms with van der Waals surface area (Å²) in [6.45, 7) is 5.16. The van der Waals surface area contributed by atoms with Gasteiger partial charge in [0.2, 0.25) is 10.0 Å². The summed E-state index contributed by atoms with van der Waals surface area (Å²) in [4.78, 5) is 16.7. The summed E-state index contributed by atoms with van der Waals surface area (Å²) in [5.41, 5.74) is 0.904.